The van der Waals surface area contributed by atoms with Gasteiger partial charge in [0.2, 0.25) is 0 Å². The van der Waals surface area contributed by atoms with Crippen molar-refractivity contribution in [3.05, 3.63) is 15.6 Å². The van der Waals surface area contributed by atoms with Crippen LogP contribution in [-0.4, -0.2) is 16.6 Å². The summed E-state index contributed by atoms with van der Waals surface area (Å²) in [6.45, 7) is 3.20. The lowest BCUT2D eigenvalue weighted by Gasteiger charge is -2.21. The molecule has 78 valence electrons. The molecule has 2 rings (SSSR count). The summed E-state index contributed by atoms with van der Waals surface area (Å²) in [5, 5.41) is 13.4. The summed E-state index contributed by atoms with van der Waals surface area (Å²) in [5.41, 5.74) is 1.20. The molecule has 0 amide bonds. The summed E-state index contributed by atoms with van der Waals surface area (Å²) in [5.74, 6) is 0. The first-order chi connectivity index (χ1) is 6.85. The minimum Gasteiger partial charge on any atom is -0.389 e. The molecular formula is C10H16N2OS. The lowest BCUT2D eigenvalue weighted by atomic mass is 9.98. The molecule has 0 saturated carbocycles. The van der Waals surface area contributed by atoms with Crippen molar-refractivity contribution in [2.75, 3.05) is 6.54 Å². The first-order valence-corrected chi connectivity index (χ1v) is 5.99. The van der Waals surface area contributed by atoms with Gasteiger partial charge in [-0.2, -0.15) is 0 Å². The van der Waals surface area contributed by atoms with Crippen LogP contribution in [0.2, 0.25) is 0 Å². The molecule has 14 heavy (non-hydrogen) atoms. The van der Waals surface area contributed by atoms with Crippen molar-refractivity contribution < 1.29 is 5.11 Å². The zero-order valence-electron chi connectivity index (χ0n) is 8.42. The van der Waals surface area contributed by atoms with Crippen LogP contribution in [0.1, 0.15) is 41.4 Å². The van der Waals surface area contributed by atoms with Crippen molar-refractivity contribution in [3.8, 4) is 0 Å². The fourth-order valence-corrected chi connectivity index (χ4v) is 3.06. The van der Waals surface area contributed by atoms with Crippen molar-refractivity contribution in [2.24, 2.45) is 0 Å². The topological polar surface area (TPSA) is 45.2 Å². The summed E-state index contributed by atoms with van der Waals surface area (Å²) in [4.78, 5) is 5.78. The molecule has 1 heterocycles. The third kappa shape index (κ3) is 1.82. The van der Waals surface area contributed by atoms with E-state index in [0.717, 1.165) is 18.0 Å². The molecule has 4 heteroatoms. The van der Waals surface area contributed by atoms with Gasteiger partial charge in [0.05, 0.1) is 12.3 Å². The number of fused-ring (bicyclic) bond motifs is 1. The van der Waals surface area contributed by atoms with E-state index in [1.807, 2.05) is 0 Å². The van der Waals surface area contributed by atoms with Gasteiger partial charge in [-0.15, -0.1) is 11.3 Å². The van der Waals surface area contributed by atoms with Crippen LogP contribution in [0.4, 0.5) is 0 Å². The number of thiazole rings is 1. The van der Waals surface area contributed by atoms with Gasteiger partial charge in [-0.1, -0.05) is 6.92 Å². The van der Waals surface area contributed by atoms with Gasteiger partial charge in [-0.05, 0) is 25.8 Å². The van der Waals surface area contributed by atoms with Crippen LogP contribution in [0.15, 0.2) is 0 Å². The van der Waals surface area contributed by atoms with Crippen LogP contribution in [0.5, 0.6) is 0 Å². The lowest BCUT2D eigenvalue weighted by Crippen LogP contribution is -2.23. The maximum atomic E-state index is 9.03. The second kappa shape index (κ2) is 4.38. The molecule has 0 bridgehead atoms. The molecule has 1 aromatic rings. The van der Waals surface area contributed by atoms with E-state index in [9.17, 15) is 0 Å². The second-order valence-electron chi connectivity index (χ2n) is 3.58. The van der Waals surface area contributed by atoms with Gasteiger partial charge in [0.15, 0.2) is 0 Å². The average Bonchev–Trinajstić information content (AvgIpc) is 2.62. The summed E-state index contributed by atoms with van der Waals surface area (Å²) >= 11 is 1.66. The van der Waals surface area contributed by atoms with Gasteiger partial charge >= 0.3 is 0 Å². The minimum absolute atomic E-state index is 0.0799. The quantitative estimate of drug-likeness (QED) is 0.800. The van der Waals surface area contributed by atoms with E-state index in [4.69, 9.17) is 5.11 Å². The molecule has 1 aromatic heterocycles. The highest BCUT2D eigenvalue weighted by Crippen LogP contribution is 2.33. The molecule has 1 aliphatic rings. The maximum Gasteiger partial charge on any atom is 0.119 e. The third-order valence-corrected chi connectivity index (χ3v) is 3.78. The number of hydrogen-bond donors (Lipinski definition) is 2. The highest BCUT2D eigenvalue weighted by Gasteiger charge is 2.23. The van der Waals surface area contributed by atoms with Crippen LogP contribution in [-0.2, 0) is 13.0 Å². The monoisotopic (exact) mass is 212 g/mol. The molecule has 0 spiro atoms. The van der Waals surface area contributed by atoms with Crippen LogP contribution in [0.3, 0.4) is 0 Å². The van der Waals surface area contributed by atoms with Gasteiger partial charge in [-0.3, -0.25) is 0 Å². The highest BCUT2D eigenvalue weighted by atomic mass is 32.1. The van der Waals surface area contributed by atoms with E-state index in [2.05, 4.69) is 17.2 Å². The Hall–Kier alpha value is -0.450. The largest absolute Gasteiger partial charge is 0.389 e. The average molecular weight is 212 g/mol. The zero-order chi connectivity index (χ0) is 9.97. The fraction of sp³-hybridized carbons (Fsp3) is 0.700. The van der Waals surface area contributed by atoms with Crippen LogP contribution >= 0.6 is 11.3 Å². The van der Waals surface area contributed by atoms with Crippen LogP contribution in [0.25, 0.3) is 0 Å². The predicted octanol–water partition coefficient (Wildman–Crippen LogP) is 1.62. The van der Waals surface area contributed by atoms with E-state index in [1.165, 1.54) is 23.4 Å². The van der Waals surface area contributed by atoms with Gasteiger partial charge in [-0.25, -0.2) is 4.98 Å². The van der Waals surface area contributed by atoms with E-state index < -0.39 is 0 Å². The van der Waals surface area contributed by atoms with Crippen molar-refractivity contribution >= 4 is 11.3 Å². The van der Waals surface area contributed by atoms with Crippen molar-refractivity contribution in [2.45, 2.75) is 38.8 Å². The van der Waals surface area contributed by atoms with Crippen molar-refractivity contribution in [1.29, 1.82) is 0 Å². The smallest absolute Gasteiger partial charge is 0.119 e. The Labute approximate surface area is 88.2 Å². The van der Waals surface area contributed by atoms with E-state index >= 15 is 0 Å². The molecule has 0 radical (unpaired) electrons. The highest BCUT2D eigenvalue weighted by molar-refractivity contribution is 7.11. The number of aliphatic hydroxyl groups excluding tert-OH is 1. The Morgan fingerprint density at radius 1 is 1.64 bits per heavy atom. The summed E-state index contributed by atoms with van der Waals surface area (Å²) in [6.07, 6.45) is 3.49. The number of aromatic nitrogens is 1. The van der Waals surface area contributed by atoms with Crippen molar-refractivity contribution in [1.82, 2.24) is 10.3 Å². The Morgan fingerprint density at radius 2 is 2.50 bits per heavy atom. The molecule has 2 N–H and O–H groups in total. The Kier molecular flexibility index (Phi) is 3.15. The number of hydrogen-bond acceptors (Lipinski definition) is 4. The normalized spacial score (nSPS) is 20.9. The minimum atomic E-state index is 0.0799. The van der Waals surface area contributed by atoms with Gasteiger partial charge in [0, 0.05) is 10.9 Å². The lowest BCUT2D eigenvalue weighted by molar-refractivity contribution is 0.281. The predicted molar refractivity (Wildman–Crippen MR) is 57.4 cm³/mol. The first kappa shape index (κ1) is 10.1. The molecule has 0 aromatic carbocycles. The second-order valence-corrected chi connectivity index (χ2v) is 4.69. The zero-order valence-corrected chi connectivity index (χ0v) is 9.23. The molecular weight excluding hydrogens is 196 g/mol. The summed E-state index contributed by atoms with van der Waals surface area (Å²) in [6, 6.07) is 0.474. The van der Waals surface area contributed by atoms with Crippen LogP contribution < -0.4 is 5.32 Å². The summed E-state index contributed by atoms with van der Waals surface area (Å²) in [7, 11) is 0. The molecule has 1 atom stereocenters. The number of aryl methyl sites for hydroxylation is 1. The maximum absolute atomic E-state index is 9.03. The van der Waals surface area contributed by atoms with E-state index in [0.29, 0.717) is 6.04 Å². The molecule has 3 nitrogen and oxygen atoms in total. The first-order valence-electron chi connectivity index (χ1n) is 5.18. The Balaban J connectivity index is 2.24. The van der Waals surface area contributed by atoms with Gasteiger partial charge < -0.3 is 10.4 Å². The number of aliphatic hydroxyl groups is 1. The number of nitrogens with zero attached hydrogens (tertiary/aromatic N) is 1. The Morgan fingerprint density at radius 3 is 3.21 bits per heavy atom. The van der Waals surface area contributed by atoms with Crippen molar-refractivity contribution in [3.63, 3.8) is 0 Å². The summed E-state index contributed by atoms with van der Waals surface area (Å²) < 4.78 is 0. The van der Waals surface area contributed by atoms with E-state index in [1.54, 1.807) is 11.3 Å². The SMILES string of the molecule is CCNC1CCCc2nc(CO)sc21. The molecule has 0 aliphatic heterocycles. The van der Waals surface area contributed by atoms with Crippen LogP contribution in [0, 0.1) is 0 Å². The van der Waals surface area contributed by atoms with Gasteiger partial charge in [0.1, 0.15) is 5.01 Å². The Bertz CT molecular complexity index is 311. The third-order valence-electron chi connectivity index (χ3n) is 2.58. The number of rotatable bonds is 3. The standard InChI is InChI=1S/C10H16N2OS/c1-2-11-7-4-3-5-8-10(7)14-9(6-13)12-8/h7,11,13H,2-6H2,1H3. The molecule has 0 fully saturated rings. The number of nitrogens with one attached hydrogen (secondary N) is 1. The molecule has 1 aliphatic carbocycles. The molecule has 1 unspecified atom stereocenters. The van der Waals surface area contributed by atoms with E-state index in [-0.39, 0.29) is 6.61 Å². The van der Waals surface area contributed by atoms with Gasteiger partial charge in [0.25, 0.3) is 0 Å². The molecule has 0 saturated heterocycles. The fourth-order valence-electron chi connectivity index (χ4n) is 1.98.